The number of nitrogens with one attached hydrogen (secondary N) is 2. The van der Waals surface area contributed by atoms with Crippen molar-refractivity contribution in [1.82, 2.24) is 24.6 Å². The van der Waals surface area contributed by atoms with Crippen LogP contribution in [0.4, 0.5) is 33.3 Å². The van der Waals surface area contributed by atoms with Gasteiger partial charge in [0.1, 0.15) is 11.9 Å². The van der Waals surface area contributed by atoms with E-state index < -0.39 is 11.9 Å². The molecule has 1 unspecified atom stereocenters. The first kappa shape index (κ1) is 29.0. The molecule has 1 saturated carbocycles. The van der Waals surface area contributed by atoms with Crippen LogP contribution < -0.4 is 21.3 Å². The molecule has 11 nitrogen and oxygen atoms in total. The minimum Gasteiger partial charge on any atom is -0.468 e. The largest absolute Gasteiger partial charge is 0.468 e. The van der Waals surface area contributed by atoms with Crippen LogP contribution >= 0.6 is 0 Å². The number of carbonyl (C=O) groups excluding carboxylic acids is 1. The Kier molecular flexibility index (Phi) is 7.19. The van der Waals surface area contributed by atoms with Crippen LogP contribution in [0, 0.1) is 11.7 Å². The van der Waals surface area contributed by atoms with Gasteiger partial charge in [-0.15, -0.1) is 5.10 Å². The topological polar surface area (TPSA) is 126 Å². The van der Waals surface area contributed by atoms with Gasteiger partial charge in [-0.2, -0.15) is 9.67 Å². The predicted molar refractivity (Wildman–Crippen MR) is 175 cm³/mol. The van der Waals surface area contributed by atoms with E-state index in [1.54, 1.807) is 16.8 Å². The maximum Gasteiger partial charge on any atom is 0.324 e. The third-order valence-electron chi connectivity index (χ3n) is 10.3. The third kappa shape index (κ3) is 5.28. The van der Waals surface area contributed by atoms with E-state index in [9.17, 15) is 4.79 Å². The molecule has 4 heterocycles. The molecule has 6 aliphatic rings. The van der Waals surface area contributed by atoms with E-state index in [4.69, 9.17) is 15.5 Å². The van der Waals surface area contributed by atoms with Crippen molar-refractivity contribution in [3.8, 4) is 5.82 Å². The van der Waals surface area contributed by atoms with Gasteiger partial charge in [0.15, 0.2) is 5.82 Å². The first-order chi connectivity index (χ1) is 22.4. The Labute approximate surface area is 267 Å². The van der Waals surface area contributed by atoms with E-state index >= 15 is 4.39 Å². The van der Waals surface area contributed by atoms with E-state index in [1.165, 1.54) is 37.2 Å². The number of aromatic nitrogens is 4. The standard InChI is InChI=1S/C34H40FN9O2/c1-46-31(45)28-20-43(16-15-42(28)19-22-4-5-22)27-7-6-23(17-25(27)35)38-33-40-32(36)44(41-33)29-18-24(30-26(39-29)3-2-14-37-30)34-11-8-21(9-12-34)10-13-34/h6-9,11,17-18,22,28,37H,2-5,10,12-16,19-20H2,1H3,(H3,36,38,40,41)/t28-,34?/m0/s1. The summed E-state index contributed by atoms with van der Waals surface area (Å²) in [6.45, 7) is 3.51. The lowest BCUT2D eigenvalue weighted by Crippen LogP contribution is -2.57. The van der Waals surface area contributed by atoms with Gasteiger partial charge >= 0.3 is 5.97 Å². The number of anilines is 5. The number of ether oxygens (including phenoxy) is 1. The van der Waals surface area contributed by atoms with Gasteiger partial charge in [-0.3, -0.25) is 9.69 Å². The zero-order valence-corrected chi connectivity index (χ0v) is 26.1. The molecule has 1 saturated heterocycles. The fourth-order valence-corrected chi connectivity index (χ4v) is 7.49. The second-order valence-corrected chi connectivity index (χ2v) is 13.3. The summed E-state index contributed by atoms with van der Waals surface area (Å²) in [5.74, 6) is 1.05. The van der Waals surface area contributed by atoms with Crippen molar-refractivity contribution in [2.75, 3.05) is 61.1 Å². The Balaban J connectivity index is 1.03. The smallest absolute Gasteiger partial charge is 0.324 e. The first-order valence-corrected chi connectivity index (χ1v) is 16.4. The molecule has 2 bridgehead atoms. The quantitative estimate of drug-likeness (QED) is 0.309. The fraction of sp³-hybridized carbons (Fsp3) is 0.471. The van der Waals surface area contributed by atoms with E-state index in [2.05, 4.69) is 49.9 Å². The third-order valence-corrected chi connectivity index (χ3v) is 10.3. The minimum atomic E-state index is -0.415. The number of methoxy groups -OCH3 is 1. The number of nitrogens with two attached hydrogens (primary N) is 1. The van der Waals surface area contributed by atoms with E-state index in [1.807, 2.05) is 4.90 Å². The van der Waals surface area contributed by atoms with Crippen LogP contribution in [0.1, 0.15) is 49.8 Å². The Morgan fingerprint density at radius 2 is 2.11 bits per heavy atom. The number of pyridine rings is 1. The maximum absolute atomic E-state index is 15.6. The molecule has 46 heavy (non-hydrogen) atoms. The number of piperazine rings is 1. The zero-order valence-electron chi connectivity index (χ0n) is 26.1. The number of fused-ring (bicyclic) bond motifs is 3. The summed E-state index contributed by atoms with van der Waals surface area (Å²) in [7, 11) is 1.41. The Bertz CT molecular complexity index is 1750. The number of halogens is 1. The number of allylic oxidation sites excluding steroid dienone is 4. The summed E-state index contributed by atoms with van der Waals surface area (Å²) >= 11 is 0. The molecular weight excluding hydrogens is 585 g/mol. The highest BCUT2D eigenvalue weighted by molar-refractivity contribution is 5.77. The molecule has 2 aromatic heterocycles. The number of hydrogen-bond acceptors (Lipinski definition) is 10. The van der Waals surface area contributed by atoms with E-state index in [0.29, 0.717) is 42.7 Å². The van der Waals surface area contributed by atoms with Gasteiger partial charge < -0.3 is 26.0 Å². The van der Waals surface area contributed by atoms with Gasteiger partial charge in [-0.1, -0.05) is 23.8 Å². The van der Waals surface area contributed by atoms with Crippen molar-refractivity contribution in [3.05, 3.63) is 65.1 Å². The molecule has 2 atom stereocenters. The summed E-state index contributed by atoms with van der Waals surface area (Å²) in [5.41, 5.74) is 12.1. The maximum atomic E-state index is 15.6. The number of hydrogen-bond donors (Lipinski definition) is 3. The van der Waals surface area contributed by atoms with Gasteiger partial charge in [-0.05, 0) is 80.7 Å². The molecule has 2 fully saturated rings. The van der Waals surface area contributed by atoms with Crippen molar-refractivity contribution in [2.45, 2.75) is 56.4 Å². The van der Waals surface area contributed by atoms with Gasteiger partial charge in [0.25, 0.3) is 0 Å². The average molecular weight is 626 g/mol. The van der Waals surface area contributed by atoms with Crippen LogP contribution in [0.3, 0.4) is 0 Å². The van der Waals surface area contributed by atoms with Crippen LogP contribution in [0.25, 0.3) is 5.82 Å². The monoisotopic (exact) mass is 625 g/mol. The van der Waals surface area contributed by atoms with Gasteiger partial charge in [0, 0.05) is 43.8 Å². The second kappa shape index (κ2) is 11.4. The number of aryl methyl sites for hydroxylation is 1. The number of benzene rings is 1. The Morgan fingerprint density at radius 3 is 2.85 bits per heavy atom. The molecule has 12 heteroatoms. The van der Waals surface area contributed by atoms with Crippen LogP contribution in [0.15, 0.2) is 48.1 Å². The average Bonchev–Trinajstić information content (AvgIpc) is 3.84. The molecule has 0 spiro atoms. The van der Waals surface area contributed by atoms with Gasteiger partial charge in [0.05, 0.1) is 24.2 Å². The predicted octanol–water partition coefficient (Wildman–Crippen LogP) is 4.48. The van der Waals surface area contributed by atoms with Crippen molar-refractivity contribution in [3.63, 3.8) is 0 Å². The summed E-state index contributed by atoms with van der Waals surface area (Å²) < 4.78 is 22.2. The van der Waals surface area contributed by atoms with E-state index in [0.717, 1.165) is 56.6 Å². The van der Waals surface area contributed by atoms with Crippen LogP contribution in [0.2, 0.25) is 0 Å². The van der Waals surface area contributed by atoms with Crippen molar-refractivity contribution >= 4 is 34.9 Å². The molecule has 240 valence electrons. The Hall–Kier alpha value is -4.45. The number of nitrogen functional groups attached to an aromatic ring is 1. The molecular formula is C34H40FN9O2. The number of carbonyl (C=O) groups is 1. The number of esters is 1. The zero-order chi connectivity index (χ0) is 31.4. The molecule has 1 aromatic carbocycles. The normalized spacial score (nSPS) is 23.9. The van der Waals surface area contributed by atoms with E-state index in [-0.39, 0.29) is 23.3 Å². The molecule has 4 aliphatic carbocycles. The Morgan fingerprint density at radius 1 is 1.22 bits per heavy atom. The summed E-state index contributed by atoms with van der Waals surface area (Å²) in [6, 6.07) is 6.63. The molecule has 2 aliphatic heterocycles. The first-order valence-electron chi connectivity index (χ1n) is 16.4. The van der Waals surface area contributed by atoms with Crippen LogP contribution in [0.5, 0.6) is 0 Å². The SMILES string of the molecule is COC(=O)[C@@H]1CN(c2ccc(Nc3nc(N)n(-c4cc(C56C=CC(=CC5)CC6)c5c(n4)CCCN5)n3)cc2F)CCN1CC1CC1. The highest BCUT2D eigenvalue weighted by Crippen LogP contribution is 2.48. The molecule has 3 aromatic rings. The summed E-state index contributed by atoms with van der Waals surface area (Å²) in [5, 5.41) is 11.4. The molecule has 4 N–H and O–H groups in total. The number of rotatable bonds is 8. The number of nitrogens with zero attached hydrogens (tertiary/aromatic N) is 6. The van der Waals surface area contributed by atoms with Gasteiger partial charge in [0.2, 0.25) is 11.9 Å². The lowest BCUT2D eigenvalue weighted by molar-refractivity contribution is -0.147. The lowest BCUT2D eigenvalue weighted by Gasteiger charge is -2.41. The fourth-order valence-electron chi connectivity index (χ4n) is 7.49. The highest BCUT2D eigenvalue weighted by atomic mass is 19.1. The van der Waals surface area contributed by atoms with Crippen LogP contribution in [-0.4, -0.2) is 76.5 Å². The molecule has 0 amide bonds. The van der Waals surface area contributed by atoms with Crippen LogP contribution in [-0.2, 0) is 21.4 Å². The van der Waals surface area contributed by atoms with Gasteiger partial charge in [-0.25, -0.2) is 9.37 Å². The molecule has 0 radical (unpaired) electrons. The molecule has 9 rings (SSSR count). The second-order valence-electron chi connectivity index (χ2n) is 13.3. The lowest BCUT2D eigenvalue weighted by atomic mass is 9.65. The summed E-state index contributed by atoms with van der Waals surface area (Å²) in [6.07, 6.45) is 14.4. The van der Waals surface area contributed by atoms with Crippen molar-refractivity contribution in [1.29, 1.82) is 0 Å². The van der Waals surface area contributed by atoms with Crippen molar-refractivity contribution in [2.24, 2.45) is 5.92 Å². The van der Waals surface area contributed by atoms with Crippen molar-refractivity contribution < 1.29 is 13.9 Å². The highest BCUT2D eigenvalue weighted by Gasteiger charge is 2.39. The minimum absolute atomic E-state index is 0.0791. The summed E-state index contributed by atoms with van der Waals surface area (Å²) in [4.78, 5) is 26.1.